The van der Waals surface area contributed by atoms with E-state index in [4.69, 9.17) is 21.1 Å². The highest BCUT2D eigenvalue weighted by molar-refractivity contribution is 6.18. The Labute approximate surface area is 119 Å². The van der Waals surface area contributed by atoms with Gasteiger partial charge in [0.25, 0.3) is 0 Å². The summed E-state index contributed by atoms with van der Waals surface area (Å²) in [6.45, 7) is 1.63. The van der Waals surface area contributed by atoms with Crippen molar-refractivity contribution in [2.75, 3.05) is 39.8 Å². The summed E-state index contributed by atoms with van der Waals surface area (Å²) in [5.74, 6) is 1.27. The molecular formula is C14H20ClNO3. The second kappa shape index (κ2) is 8.77. The van der Waals surface area contributed by atoms with E-state index in [9.17, 15) is 4.79 Å². The molecule has 1 amide bonds. The van der Waals surface area contributed by atoms with Gasteiger partial charge in [-0.2, -0.15) is 0 Å². The minimum atomic E-state index is 0.0582. The number of hydrogen-bond acceptors (Lipinski definition) is 3. The molecule has 4 nitrogen and oxygen atoms in total. The molecule has 0 atom stereocenters. The molecule has 0 bridgehead atoms. The predicted molar refractivity (Wildman–Crippen MR) is 75.9 cm³/mol. The van der Waals surface area contributed by atoms with E-state index in [1.165, 1.54) is 0 Å². The third kappa shape index (κ3) is 5.49. The van der Waals surface area contributed by atoms with Crippen molar-refractivity contribution in [3.05, 3.63) is 29.8 Å². The van der Waals surface area contributed by atoms with Crippen LogP contribution in [0.5, 0.6) is 5.75 Å². The van der Waals surface area contributed by atoms with Gasteiger partial charge in [-0.3, -0.25) is 4.79 Å². The highest BCUT2D eigenvalue weighted by atomic mass is 35.5. The Kier molecular flexibility index (Phi) is 7.30. The summed E-state index contributed by atoms with van der Waals surface area (Å²) in [6.07, 6.45) is 0.366. The average molecular weight is 286 g/mol. The van der Waals surface area contributed by atoms with Crippen LogP contribution in [0.4, 0.5) is 0 Å². The molecule has 0 saturated heterocycles. The largest absolute Gasteiger partial charge is 0.497 e. The van der Waals surface area contributed by atoms with Crippen molar-refractivity contribution in [1.82, 2.24) is 4.90 Å². The first-order valence-electron chi connectivity index (χ1n) is 6.17. The number of alkyl halides is 1. The zero-order valence-corrected chi connectivity index (χ0v) is 12.2. The molecule has 0 radical (unpaired) electrons. The number of carbonyl (C=O) groups is 1. The van der Waals surface area contributed by atoms with Crippen LogP contribution in [-0.4, -0.2) is 50.6 Å². The van der Waals surface area contributed by atoms with Gasteiger partial charge in [-0.1, -0.05) is 12.1 Å². The van der Waals surface area contributed by atoms with Crippen LogP contribution in [-0.2, 0) is 16.0 Å². The molecule has 1 aromatic rings. The fourth-order valence-corrected chi connectivity index (χ4v) is 1.90. The van der Waals surface area contributed by atoms with Crippen molar-refractivity contribution in [3.63, 3.8) is 0 Å². The van der Waals surface area contributed by atoms with E-state index in [2.05, 4.69) is 0 Å². The molecule has 0 fully saturated rings. The van der Waals surface area contributed by atoms with Gasteiger partial charge in [0.2, 0.25) is 5.91 Å². The van der Waals surface area contributed by atoms with Gasteiger partial charge in [-0.15, -0.1) is 11.6 Å². The van der Waals surface area contributed by atoms with Crippen molar-refractivity contribution in [3.8, 4) is 5.75 Å². The third-order valence-electron chi connectivity index (χ3n) is 2.79. The fourth-order valence-electron chi connectivity index (χ4n) is 1.69. The SMILES string of the molecule is COCCN(CCCl)C(=O)Cc1ccc(OC)cc1. The normalized spacial score (nSPS) is 10.3. The summed E-state index contributed by atoms with van der Waals surface area (Å²) in [5, 5.41) is 0. The molecule has 19 heavy (non-hydrogen) atoms. The van der Waals surface area contributed by atoms with Crippen LogP contribution in [0.15, 0.2) is 24.3 Å². The maximum atomic E-state index is 12.1. The molecule has 5 heteroatoms. The van der Waals surface area contributed by atoms with Crippen LogP contribution < -0.4 is 4.74 Å². The number of methoxy groups -OCH3 is 2. The summed E-state index contributed by atoms with van der Waals surface area (Å²) in [5.41, 5.74) is 0.961. The molecule has 0 N–H and O–H groups in total. The Balaban J connectivity index is 2.58. The average Bonchev–Trinajstić information content (AvgIpc) is 2.44. The van der Waals surface area contributed by atoms with Crippen LogP contribution in [0.2, 0.25) is 0 Å². The molecule has 0 unspecified atom stereocenters. The van der Waals surface area contributed by atoms with E-state index in [1.54, 1.807) is 19.1 Å². The second-order valence-electron chi connectivity index (χ2n) is 4.09. The minimum Gasteiger partial charge on any atom is -0.497 e. The first kappa shape index (κ1) is 15.8. The fraction of sp³-hybridized carbons (Fsp3) is 0.500. The summed E-state index contributed by atoms with van der Waals surface area (Å²) in [7, 11) is 3.24. The van der Waals surface area contributed by atoms with Crippen molar-refractivity contribution in [1.29, 1.82) is 0 Å². The first-order valence-corrected chi connectivity index (χ1v) is 6.70. The lowest BCUT2D eigenvalue weighted by atomic mass is 10.1. The molecule has 106 valence electrons. The molecule has 0 aliphatic rings. The number of benzene rings is 1. The molecule has 1 aromatic carbocycles. The van der Waals surface area contributed by atoms with Gasteiger partial charge in [0, 0.05) is 26.1 Å². The van der Waals surface area contributed by atoms with Crippen molar-refractivity contribution in [2.24, 2.45) is 0 Å². The van der Waals surface area contributed by atoms with Gasteiger partial charge in [-0.05, 0) is 17.7 Å². The van der Waals surface area contributed by atoms with E-state index >= 15 is 0 Å². The summed E-state index contributed by atoms with van der Waals surface area (Å²) < 4.78 is 10.1. The van der Waals surface area contributed by atoms with Crippen LogP contribution in [0, 0.1) is 0 Å². The number of amides is 1. The van der Waals surface area contributed by atoms with E-state index in [1.807, 2.05) is 24.3 Å². The van der Waals surface area contributed by atoms with Crippen LogP contribution >= 0.6 is 11.6 Å². The third-order valence-corrected chi connectivity index (χ3v) is 2.96. The minimum absolute atomic E-state index is 0.0582. The Morgan fingerprint density at radius 3 is 2.42 bits per heavy atom. The van der Waals surface area contributed by atoms with Gasteiger partial charge in [0.1, 0.15) is 5.75 Å². The second-order valence-corrected chi connectivity index (χ2v) is 4.47. The number of ether oxygens (including phenoxy) is 2. The lowest BCUT2D eigenvalue weighted by molar-refractivity contribution is -0.130. The summed E-state index contributed by atoms with van der Waals surface area (Å²) >= 11 is 5.71. The molecular weight excluding hydrogens is 266 g/mol. The van der Waals surface area contributed by atoms with Crippen LogP contribution in [0.3, 0.4) is 0 Å². The summed E-state index contributed by atoms with van der Waals surface area (Å²) in [4.78, 5) is 13.9. The quantitative estimate of drug-likeness (QED) is 0.685. The Morgan fingerprint density at radius 1 is 1.21 bits per heavy atom. The van der Waals surface area contributed by atoms with E-state index in [0.717, 1.165) is 11.3 Å². The van der Waals surface area contributed by atoms with Gasteiger partial charge >= 0.3 is 0 Å². The van der Waals surface area contributed by atoms with Gasteiger partial charge in [-0.25, -0.2) is 0 Å². The predicted octanol–water partition coefficient (Wildman–Crippen LogP) is 1.95. The zero-order valence-electron chi connectivity index (χ0n) is 11.4. The van der Waals surface area contributed by atoms with E-state index in [-0.39, 0.29) is 5.91 Å². The Hall–Kier alpha value is -1.26. The monoisotopic (exact) mass is 285 g/mol. The Morgan fingerprint density at radius 2 is 1.89 bits per heavy atom. The molecule has 0 aliphatic heterocycles. The van der Waals surface area contributed by atoms with Gasteiger partial charge in [0.15, 0.2) is 0 Å². The number of halogens is 1. The van der Waals surface area contributed by atoms with Crippen molar-refractivity contribution >= 4 is 17.5 Å². The molecule has 1 rings (SSSR count). The highest BCUT2D eigenvalue weighted by Crippen LogP contribution is 2.12. The number of carbonyl (C=O) groups excluding carboxylic acids is 1. The number of nitrogens with zero attached hydrogens (tertiary/aromatic N) is 1. The summed E-state index contributed by atoms with van der Waals surface area (Å²) in [6, 6.07) is 7.49. The first-order chi connectivity index (χ1) is 9.21. The van der Waals surface area contributed by atoms with Crippen molar-refractivity contribution < 1.29 is 14.3 Å². The standard InChI is InChI=1S/C14H20ClNO3/c1-18-10-9-16(8-7-15)14(17)11-12-3-5-13(19-2)6-4-12/h3-6H,7-11H2,1-2H3. The van der Waals surface area contributed by atoms with Crippen LogP contribution in [0.25, 0.3) is 0 Å². The maximum absolute atomic E-state index is 12.1. The van der Waals surface area contributed by atoms with E-state index in [0.29, 0.717) is 32.0 Å². The highest BCUT2D eigenvalue weighted by Gasteiger charge is 2.13. The number of rotatable bonds is 8. The zero-order chi connectivity index (χ0) is 14.1. The molecule has 0 saturated carbocycles. The maximum Gasteiger partial charge on any atom is 0.227 e. The lowest BCUT2D eigenvalue weighted by Crippen LogP contribution is -2.36. The topological polar surface area (TPSA) is 38.8 Å². The van der Waals surface area contributed by atoms with Crippen LogP contribution in [0.1, 0.15) is 5.56 Å². The van der Waals surface area contributed by atoms with Gasteiger partial charge < -0.3 is 14.4 Å². The molecule has 0 heterocycles. The smallest absolute Gasteiger partial charge is 0.227 e. The number of hydrogen-bond donors (Lipinski definition) is 0. The molecule has 0 aliphatic carbocycles. The molecule has 0 spiro atoms. The van der Waals surface area contributed by atoms with Gasteiger partial charge in [0.05, 0.1) is 20.1 Å². The van der Waals surface area contributed by atoms with Crippen molar-refractivity contribution in [2.45, 2.75) is 6.42 Å². The van der Waals surface area contributed by atoms with E-state index < -0.39 is 0 Å². The molecule has 0 aromatic heterocycles. The Bertz CT molecular complexity index is 381. The lowest BCUT2D eigenvalue weighted by Gasteiger charge is -2.21.